The maximum atomic E-state index is 12.3. The highest BCUT2D eigenvalue weighted by atomic mass is 35.5. The molecule has 0 aromatic heterocycles. The molecular weight excluding hydrogens is 313 g/mol. The molecule has 4 nitrogen and oxygen atoms in total. The van der Waals surface area contributed by atoms with Crippen molar-refractivity contribution in [3.05, 3.63) is 63.6 Å². The van der Waals surface area contributed by atoms with Crippen molar-refractivity contribution in [3.8, 4) is 0 Å². The van der Waals surface area contributed by atoms with Crippen LogP contribution in [-0.4, -0.2) is 17.0 Å². The van der Waals surface area contributed by atoms with Gasteiger partial charge in [0.1, 0.15) is 0 Å². The van der Waals surface area contributed by atoms with Crippen LogP contribution in [0.25, 0.3) is 0 Å². The Balaban J connectivity index is 2.26. The number of anilines is 1. The molecule has 0 radical (unpaired) electrons. The summed E-state index contributed by atoms with van der Waals surface area (Å²) in [6, 6.07) is 11.2. The zero-order chi connectivity index (χ0) is 15.4. The van der Waals surface area contributed by atoms with E-state index in [9.17, 15) is 9.59 Å². The standard InChI is InChI=1S/C15H11Cl2NO3/c16-10-5-6-13(12(17)8-10)18-15(21)11-4-2-1-3-9(11)7-14(19)20/h1-6,8H,7H2,(H,18,21)(H,19,20). The Morgan fingerprint density at radius 3 is 2.48 bits per heavy atom. The summed E-state index contributed by atoms with van der Waals surface area (Å²) in [5, 5.41) is 12.3. The zero-order valence-electron chi connectivity index (χ0n) is 10.8. The maximum Gasteiger partial charge on any atom is 0.307 e. The predicted molar refractivity (Wildman–Crippen MR) is 82.2 cm³/mol. The molecule has 2 aromatic rings. The Labute approximate surface area is 131 Å². The summed E-state index contributed by atoms with van der Waals surface area (Å²) in [7, 11) is 0. The number of halogens is 2. The molecule has 0 fully saturated rings. The van der Waals surface area contributed by atoms with Crippen LogP contribution in [0.15, 0.2) is 42.5 Å². The number of aliphatic carboxylic acids is 1. The van der Waals surface area contributed by atoms with Crippen molar-refractivity contribution >= 4 is 40.8 Å². The first-order chi connectivity index (χ1) is 9.97. The zero-order valence-corrected chi connectivity index (χ0v) is 12.3. The number of hydrogen-bond donors (Lipinski definition) is 2. The van der Waals surface area contributed by atoms with Crippen LogP contribution in [-0.2, 0) is 11.2 Å². The number of rotatable bonds is 4. The van der Waals surface area contributed by atoms with E-state index in [1.807, 2.05) is 0 Å². The van der Waals surface area contributed by atoms with Crippen molar-refractivity contribution < 1.29 is 14.7 Å². The molecule has 0 heterocycles. The minimum Gasteiger partial charge on any atom is -0.481 e. The Morgan fingerprint density at radius 1 is 1.10 bits per heavy atom. The first kappa shape index (κ1) is 15.4. The second-order valence-electron chi connectivity index (χ2n) is 4.31. The van der Waals surface area contributed by atoms with Gasteiger partial charge in [0.05, 0.1) is 17.1 Å². The van der Waals surface area contributed by atoms with Crippen LogP contribution in [0.2, 0.25) is 10.0 Å². The second kappa shape index (κ2) is 6.61. The first-order valence-corrected chi connectivity index (χ1v) is 6.79. The van der Waals surface area contributed by atoms with Gasteiger partial charge >= 0.3 is 5.97 Å². The largest absolute Gasteiger partial charge is 0.481 e. The van der Waals surface area contributed by atoms with Crippen LogP contribution in [0.1, 0.15) is 15.9 Å². The van der Waals surface area contributed by atoms with Gasteiger partial charge in [0, 0.05) is 10.6 Å². The molecule has 2 N–H and O–H groups in total. The summed E-state index contributed by atoms with van der Waals surface area (Å²) in [6.45, 7) is 0. The lowest BCUT2D eigenvalue weighted by atomic mass is 10.0. The summed E-state index contributed by atoms with van der Waals surface area (Å²) >= 11 is 11.8. The summed E-state index contributed by atoms with van der Waals surface area (Å²) in [5.74, 6) is -1.42. The third-order valence-corrected chi connectivity index (χ3v) is 3.33. The van der Waals surface area contributed by atoms with Gasteiger partial charge in [-0.2, -0.15) is 0 Å². The van der Waals surface area contributed by atoms with Gasteiger partial charge in [-0.25, -0.2) is 0 Å². The van der Waals surface area contributed by atoms with Gasteiger partial charge in [-0.3, -0.25) is 9.59 Å². The van der Waals surface area contributed by atoms with Crippen LogP contribution in [0, 0.1) is 0 Å². The van der Waals surface area contributed by atoms with Gasteiger partial charge in [-0.1, -0.05) is 41.4 Å². The molecule has 0 aliphatic carbocycles. The number of nitrogens with one attached hydrogen (secondary N) is 1. The molecule has 0 saturated carbocycles. The van der Waals surface area contributed by atoms with E-state index in [1.54, 1.807) is 36.4 Å². The summed E-state index contributed by atoms with van der Waals surface area (Å²) in [6.07, 6.45) is -0.224. The third kappa shape index (κ3) is 3.97. The molecular formula is C15H11Cl2NO3. The van der Waals surface area contributed by atoms with E-state index in [4.69, 9.17) is 28.3 Å². The Kier molecular flexibility index (Phi) is 4.83. The smallest absolute Gasteiger partial charge is 0.307 e. The van der Waals surface area contributed by atoms with Gasteiger partial charge in [0.2, 0.25) is 0 Å². The molecule has 0 unspecified atom stereocenters. The number of hydrogen-bond acceptors (Lipinski definition) is 2. The van der Waals surface area contributed by atoms with Crippen LogP contribution >= 0.6 is 23.2 Å². The fourth-order valence-corrected chi connectivity index (χ4v) is 2.30. The number of carbonyl (C=O) groups is 2. The summed E-state index contributed by atoms with van der Waals surface area (Å²) in [4.78, 5) is 23.1. The lowest BCUT2D eigenvalue weighted by Crippen LogP contribution is -2.16. The van der Waals surface area contributed by atoms with Gasteiger partial charge in [-0.05, 0) is 29.8 Å². The van der Waals surface area contributed by atoms with Crippen LogP contribution in [0.4, 0.5) is 5.69 Å². The van der Waals surface area contributed by atoms with E-state index in [2.05, 4.69) is 5.32 Å². The molecule has 21 heavy (non-hydrogen) atoms. The Hall–Kier alpha value is -2.04. The average molecular weight is 324 g/mol. The number of benzene rings is 2. The molecule has 0 aliphatic rings. The number of carboxylic acid groups (broad SMARTS) is 1. The van der Waals surface area contributed by atoms with Crippen molar-refractivity contribution in [2.75, 3.05) is 5.32 Å². The maximum absolute atomic E-state index is 12.3. The molecule has 0 saturated heterocycles. The van der Waals surface area contributed by atoms with Crippen molar-refractivity contribution in [1.82, 2.24) is 0 Å². The lowest BCUT2D eigenvalue weighted by Gasteiger charge is -2.10. The quantitative estimate of drug-likeness (QED) is 0.897. The van der Waals surface area contributed by atoms with Crippen molar-refractivity contribution in [1.29, 1.82) is 0 Å². The molecule has 0 spiro atoms. The van der Waals surface area contributed by atoms with Crippen molar-refractivity contribution in [3.63, 3.8) is 0 Å². The monoisotopic (exact) mass is 323 g/mol. The molecule has 2 aromatic carbocycles. The highest BCUT2D eigenvalue weighted by molar-refractivity contribution is 6.36. The second-order valence-corrected chi connectivity index (χ2v) is 5.15. The van der Waals surface area contributed by atoms with Crippen LogP contribution in [0.5, 0.6) is 0 Å². The summed E-state index contributed by atoms with van der Waals surface area (Å²) in [5.41, 5.74) is 1.15. The molecule has 108 valence electrons. The van der Waals surface area contributed by atoms with E-state index in [1.165, 1.54) is 6.07 Å². The minimum absolute atomic E-state index is 0.224. The number of amides is 1. The normalized spacial score (nSPS) is 10.2. The van der Waals surface area contributed by atoms with E-state index in [-0.39, 0.29) is 6.42 Å². The highest BCUT2D eigenvalue weighted by Gasteiger charge is 2.14. The van der Waals surface area contributed by atoms with Crippen LogP contribution < -0.4 is 5.32 Å². The average Bonchev–Trinajstić information content (AvgIpc) is 2.42. The predicted octanol–water partition coefficient (Wildman–Crippen LogP) is 3.87. The van der Waals surface area contributed by atoms with Crippen LogP contribution in [0.3, 0.4) is 0 Å². The van der Waals surface area contributed by atoms with E-state index in [0.29, 0.717) is 26.9 Å². The van der Waals surface area contributed by atoms with E-state index in [0.717, 1.165) is 0 Å². The highest BCUT2D eigenvalue weighted by Crippen LogP contribution is 2.26. The Bertz CT molecular complexity index is 701. The van der Waals surface area contributed by atoms with Crippen molar-refractivity contribution in [2.24, 2.45) is 0 Å². The molecule has 0 bridgehead atoms. The minimum atomic E-state index is -1.00. The van der Waals surface area contributed by atoms with Gasteiger partial charge < -0.3 is 10.4 Å². The fourth-order valence-electron chi connectivity index (χ4n) is 1.84. The molecule has 0 aliphatic heterocycles. The van der Waals surface area contributed by atoms with Gasteiger partial charge in [0.25, 0.3) is 5.91 Å². The first-order valence-electron chi connectivity index (χ1n) is 6.03. The SMILES string of the molecule is O=C(O)Cc1ccccc1C(=O)Nc1ccc(Cl)cc1Cl. The fraction of sp³-hybridized carbons (Fsp3) is 0.0667. The lowest BCUT2D eigenvalue weighted by molar-refractivity contribution is -0.136. The molecule has 2 rings (SSSR count). The Morgan fingerprint density at radius 2 is 1.81 bits per heavy atom. The van der Waals surface area contributed by atoms with Gasteiger partial charge in [0.15, 0.2) is 0 Å². The molecule has 6 heteroatoms. The van der Waals surface area contributed by atoms with E-state index < -0.39 is 11.9 Å². The molecule has 1 amide bonds. The third-order valence-electron chi connectivity index (χ3n) is 2.78. The van der Waals surface area contributed by atoms with Crippen molar-refractivity contribution in [2.45, 2.75) is 6.42 Å². The topological polar surface area (TPSA) is 66.4 Å². The van der Waals surface area contributed by atoms with Gasteiger partial charge in [-0.15, -0.1) is 0 Å². The number of carbonyl (C=O) groups excluding carboxylic acids is 1. The van der Waals surface area contributed by atoms with E-state index >= 15 is 0 Å². The summed E-state index contributed by atoms with van der Waals surface area (Å²) < 4.78 is 0. The molecule has 0 atom stereocenters. The number of carboxylic acids is 1.